The fraction of sp³-hybridized carbons (Fsp3) is 0.933. The van der Waals surface area contributed by atoms with Crippen molar-refractivity contribution in [3.8, 4) is 0 Å². The quantitative estimate of drug-likeness (QED) is 0.0807. The van der Waals surface area contributed by atoms with Crippen LogP contribution in [0.3, 0.4) is 0 Å². The third kappa shape index (κ3) is 27.3. The van der Waals surface area contributed by atoms with Crippen molar-refractivity contribution in [2.75, 3.05) is 0 Å². The van der Waals surface area contributed by atoms with E-state index in [9.17, 15) is 9.59 Å². The third-order valence-electron chi connectivity index (χ3n) is 6.55. The third-order valence-corrected chi connectivity index (χ3v) is 6.55. The minimum absolute atomic E-state index is 0.331. The molecule has 0 atom stereocenters. The zero-order valence-corrected chi connectivity index (χ0v) is 22.9. The van der Waals surface area contributed by atoms with Crippen LogP contribution in [0.4, 0.5) is 0 Å². The maximum Gasteiger partial charge on any atom is 0.313 e. The summed E-state index contributed by atoms with van der Waals surface area (Å²) in [5, 5.41) is 0. The number of carbonyl (C=O) groups excluding carboxylic acids is 2. The molecule has 0 aromatic rings. The molecular weight excluding hydrogens is 408 g/mol. The average Bonchev–Trinajstić information content (AvgIpc) is 2.75. The summed E-state index contributed by atoms with van der Waals surface area (Å²) < 4.78 is 4.97. The highest BCUT2D eigenvalue weighted by Gasteiger charge is 2.09. The highest BCUT2D eigenvalue weighted by Crippen LogP contribution is 2.15. The lowest BCUT2D eigenvalue weighted by Crippen LogP contribution is -2.11. The van der Waals surface area contributed by atoms with Crippen molar-refractivity contribution in [2.45, 2.75) is 169 Å². The molecule has 196 valence electrons. The number of rotatable bonds is 24. The van der Waals surface area contributed by atoms with Gasteiger partial charge < -0.3 is 4.74 Å². The van der Waals surface area contributed by atoms with Crippen molar-refractivity contribution in [1.82, 2.24) is 0 Å². The molecule has 0 aliphatic carbocycles. The molecule has 0 bridgehead atoms. The zero-order chi connectivity index (χ0) is 24.6. The minimum atomic E-state index is -0.331. The van der Waals surface area contributed by atoms with Crippen LogP contribution >= 0.6 is 0 Å². The van der Waals surface area contributed by atoms with E-state index in [0.717, 1.165) is 37.5 Å². The Balaban J connectivity index is 3.33. The van der Waals surface area contributed by atoms with Gasteiger partial charge in [0.25, 0.3) is 0 Å². The first-order valence-electron chi connectivity index (χ1n) is 14.6. The van der Waals surface area contributed by atoms with Gasteiger partial charge in [0.05, 0.1) is 0 Å². The Kier molecular flexibility index (Phi) is 23.6. The van der Waals surface area contributed by atoms with Crippen molar-refractivity contribution < 1.29 is 14.3 Å². The Bertz CT molecular complexity index is 402. The molecule has 0 aliphatic rings. The molecule has 0 aliphatic heterocycles. The summed E-state index contributed by atoms with van der Waals surface area (Å²) in [5.41, 5.74) is 0. The van der Waals surface area contributed by atoms with Crippen molar-refractivity contribution in [1.29, 1.82) is 0 Å². The van der Waals surface area contributed by atoms with Crippen LogP contribution in [-0.4, -0.2) is 11.9 Å². The number of unbranched alkanes of at least 4 members (excludes halogenated alkanes) is 16. The van der Waals surface area contributed by atoms with Crippen LogP contribution in [0.1, 0.15) is 169 Å². The second-order valence-electron chi connectivity index (χ2n) is 11.1. The molecule has 0 aromatic heterocycles. The second-order valence-corrected chi connectivity index (χ2v) is 11.1. The fourth-order valence-corrected chi connectivity index (χ4v) is 4.35. The molecule has 0 saturated heterocycles. The van der Waals surface area contributed by atoms with E-state index in [4.69, 9.17) is 4.74 Å². The Morgan fingerprint density at radius 3 is 0.939 bits per heavy atom. The molecule has 0 amide bonds. The number of esters is 2. The van der Waals surface area contributed by atoms with Gasteiger partial charge in [0.1, 0.15) is 0 Å². The van der Waals surface area contributed by atoms with Crippen LogP contribution in [-0.2, 0) is 14.3 Å². The second kappa shape index (κ2) is 24.3. The molecule has 3 heteroatoms. The van der Waals surface area contributed by atoms with Gasteiger partial charge >= 0.3 is 11.9 Å². The lowest BCUT2D eigenvalue weighted by molar-refractivity contribution is -0.159. The first-order valence-corrected chi connectivity index (χ1v) is 14.6. The SMILES string of the molecule is CC(C)CCCCCCCCCCCC(=O)OC(=O)CCCCCCCCCCCC(C)C. The summed E-state index contributed by atoms with van der Waals surface area (Å²) in [6.45, 7) is 9.19. The Labute approximate surface area is 207 Å². The molecule has 0 heterocycles. The Hall–Kier alpha value is -0.860. The van der Waals surface area contributed by atoms with Gasteiger partial charge in [-0.2, -0.15) is 0 Å². The predicted octanol–water partition coefficient (Wildman–Crippen LogP) is 9.95. The maximum atomic E-state index is 11.8. The minimum Gasteiger partial charge on any atom is -0.393 e. The van der Waals surface area contributed by atoms with E-state index in [-0.39, 0.29) is 11.9 Å². The smallest absolute Gasteiger partial charge is 0.313 e. The van der Waals surface area contributed by atoms with Gasteiger partial charge in [0.2, 0.25) is 0 Å². The normalized spacial score (nSPS) is 11.5. The molecular formula is C30H58O3. The summed E-state index contributed by atoms with van der Waals surface area (Å²) in [5.74, 6) is 1.01. The molecule has 0 aromatic carbocycles. The summed E-state index contributed by atoms with van der Waals surface area (Å²) >= 11 is 0. The van der Waals surface area contributed by atoms with Crippen LogP contribution in [0, 0.1) is 11.8 Å². The van der Waals surface area contributed by atoms with E-state index < -0.39 is 0 Å². The van der Waals surface area contributed by atoms with Gasteiger partial charge in [-0.25, -0.2) is 0 Å². The number of hydrogen-bond acceptors (Lipinski definition) is 3. The molecule has 0 fully saturated rings. The lowest BCUT2D eigenvalue weighted by atomic mass is 10.0. The van der Waals surface area contributed by atoms with Gasteiger partial charge in [-0.15, -0.1) is 0 Å². The van der Waals surface area contributed by atoms with Gasteiger partial charge in [0, 0.05) is 12.8 Å². The Morgan fingerprint density at radius 2 is 0.667 bits per heavy atom. The summed E-state index contributed by atoms with van der Waals surface area (Å²) in [6.07, 6.45) is 25.7. The largest absolute Gasteiger partial charge is 0.393 e. The van der Waals surface area contributed by atoms with Crippen LogP contribution in [0.2, 0.25) is 0 Å². The highest BCUT2D eigenvalue weighted by atomic mass is 16.6. The standard InChI is InChI=1S/C30H58O3/c1-27(2)23-19-15-11-7-5-9-13-17-21-25-29(31)33-30(32)26-22-18-14-10-6-8-12-16-20-24-28(3)4/h27-28H,5-26H2,1-4H3. The molecule has 0 unspecified atom stereocenters. The topological polar surface area (TPSA) is 43.4 Å². The van der Waals surface area contributed by atoms with E-state index in [0.29, 0.717) is 12.8 Å². The summed E-state index contributed by atoms with van der Waals surface area (Å²) in [4.78, 5) is 23.6. The van der Waals surface area contributed by atoms with E-state index in [1.54, 1.807) is 0 Å². The zero-order valence-electron chi connectivity index (χ0n) is 22.9. The lowest BCUT2D eigenvalue weighted by Gasteiger charge is -2.05. The average molecular weight is 467 g/mol. The van der Waals surface area contributed by atoms with E-state index in [2.05, 4.69) is 27.7 Å². The molecule has 0 radical (unpaired) electrons. The molecule has 33 heavy (non-hydrogen) atoms. The van der Waals surface area contributed by atoms with Crippen LogP contribution < -0.4 is 0 Å². The highest BCUT2D eigenvalue weighted by molar-refractivity contribution is 5.85. The van der Waals surface area contributed by atoms with Crippen molar-refractivity contribution in [2.24, 2.45) is 11.8 Å². The first kappa shape index (κ1) is 32.1. The molecule has 0 N–H and O–H groups in total. The van der Waals surface area contributed by atoms with E-state index in [1.165, 1.54) is 103 Å². The van der Waals surface area contributed by atoms with Crippen LogP contribution in [0.5, 0.6) is 0 Å². The monoisotopic (exact) mass is 466 g/mol. The predicted molar refractivity (Wildman–Crippen MR) is 142 cm³/mol. The van der Waals surface area contributed by atoms with Crippen LogP contribution in [0.15, 0.2) is 0 Å². The van der Waals surface area contributed by atoms with E-state index in [1.807, 2.05) is 0 Å². The first-order chi connectivity index (χ1) is 15.9. The van der Waals surface area contributed by atoms with Crippen molar-refractivity contribution in [3.05, 3.63) is 0 Å². The van der Waals surface area contributed by atoms with Gasteiger partial charge in [-0.05, 0) is 24.7 Å². The molecule has 0 spiro atoms. The van der Waals surface area contributed by atoms with Crippen molar-refractivity contribution in [3.63, 3.8) is 0 Å². The molecule has 3 nitrogen and oxygen atoms in total. The fourth-order valence-electron chi connectivity index (χ4n) is 4.35. The van der Waals surface area contributed by atoms with Gasteiger partial charge in [-0.1, -0.05) is 143 Å². The number of carbonyl (C=O) groups is 2. The maximum absolute atomic E-state index is 11.8. The van der Waals surface area contributed by atoms with Gasteiger partial charge in [0.15, 0.2) is 0 Å². The number of ether oxygens (including phenoxy) is 1. The summed E-state index contributed by atoms with van der Waals surface area (Å²) in [7, 11) is 0. The van der Waals surface area contributed by atoms with Gasteiger partial charge in [-0.3, -0.25) is 9.59 Å². The Morgan fingerprint density at radius 1 is 0.424 bits per heavy atom. The molecule has 0 saturated carbocycles. The van der Waals surface area contributed by atoms with Crippen molar-refractivity contribution >= 4 is 11.9 Å². The summed E-state index contributed by atoms with van der Waals surface area (Å²) in [6, 6.07) is 0. The van der Waals surface area contributed by atoms with Crippen LogP contribution in [0.25, 0.3) is 0 Å². The van der Waals surface area contributed by atoms with E-state index >= 15 is 0 Å². The number of hydrogen-bond donors (Lipinski definition) is 0. The molecule has 0 rings (SSSR count).